The molecule has 172 valence electrons. The van der Waals surface area contributed by atoms with Crippen LogP contribution >= 0.6 is 39.3 Å². The topological polar surface area (TPSA) is 69.0 Å². The van der Waals surface area contributed by atoms with Gasteiger partial charge in [-0.15, -0.1) is 5.10 Å². The van der Waals surface area contributed by atoms with Gasteiger partial charge in [0.15, 0.2) is 5.78 Å². The van der Waals surface area contributed by atoms with Crippen LogP contribution < -0.4 is 10.1 Å². The molecule has 0 aliphatic carbocycles. The Bertz CT molecular complexity index is 1230. The number of anilines is 1. The molecule has 1 aromatic heterocycles. The maximum absolute atomic E-state index is 12.8. The van der Waals surface area contributed by atoms with Gasteiger partial charge in [0.1, 0.15) is 18.4 Å². The summed E-state index contributed by atoms with van der Waals surface area (Å²) in [6.07, 6.45) is 1.02. The van der Waals surface area contributed by atoms with Crippen molar-refractivity contribution < 1.29 is 9.53 Å². The summed E-state index contributed by atoms with van der Waals surface area (Å²) in [6, 6.07) is 12.9. The largest absolute Gasteiger partial charge is 0.488 e. The molecule has 9 heteroatoms. The van der Waals surface area contributed by atoms with E-state index >= 15 is 0 Å². The molecular formula is C24H24BrClN4O2S. The summed E-state index contributed by atoms with van der Waals surface area (Å²) in [5, 5.41) is 9.32. The molecule has 1 atom stereocenters. The number of nitrogens with one attached hydrogen (secondary N) is 1. The predicted octanol–water partition coefficient (Wildman–Crippen LogP) is 6.65. The van der Waals surface area contributed by atoms with E-state index in [1.807, 2.05) is 49.4 Å². The zero-order valence-electron chi connectivity index (χ0n) is 18.6. The molecule has 2 aromatic carbocycles. The van der Waals surface area contributed by atoms with Crippen molar-refractivity contribution in [2.24, 2.45) is 0 Å². The summed E-state index contributed by atoms with van der Waals surface area (Å²) in [7, 11) is 0. The van der Waals surface area contributed by atoms with Gasteiger partial charge in [-0.3, -0.25) is 4.79 Å². The van der Waals surface area contributed by atoms with Gasteiger partial charge in [-0.2, -0.15) is 4.98 Å². The van der Waals surface area contributed by atoms with E-state index in [0.717, 1.165) is 33.5 Å². The Morgan fingerprint density at radius 1 is 1.30 bits per heavy atom. The van der Waals surface area contributed by atoms with Crippen molar-refractivity contribution in [3.05, 3.63) is 74.4 Å². The molecule has 1 N–H and O–H groups in total. The molecule has 1 unspecified atom stereocenters. The summed E-state index contributed by atoms with van der Waals surface area (Å²) in [5.41, 5.74) is 3.09. The molecule has 0 bridgehead atoms. The highest BCUT2D eigenvalue weighted by molar-refractivity contribution is 9.10. The quantitative estimate of drug-likeness (QED) is 0.318. The third-order valence-electron chi connectivity index (χ3n) is 5.26. The summed E-state index contributed by atoms with van der Waals surface area (Å²) in [6.45, 7) is 5.89. The van der Waals surface area contributed by atoms with Gasteiger partial charge in [0, 0.05) is 37.6 Å². The number of hydrogen-bond donors (Lipinski definition) is 1. The Labute approximate surface area is 210 Å². The lowest BCUT2D eigenvalue weighted by Crippen LogP contribution is -2.28. The highest BCUT2D eigenvalue weighted by Crippen LogP contribution is 2.41. The van der Waals surface area contributed by atoms with E-state index in [9.17, 15) is 4.79 Å². The number of thioether (sulfide) groups is 1. The van der Waals surface area contributed by atoms with Crippen LogP contribution in [-0.2, 0) is 11.4 Å². The van der Waals surface area contributed by atoms with Gasteiger partial charge in [-0.25, -0.2) is 4.68 Å². The first-order valence-electron chi connectivity index (χ1n) is 10.6. The molecule has 0 saturated carbocycles. The fraction of sp³-hybridized carbons (Fsp3) is 0.292. The Balaban J connectivity index is 1.79. The lowest BCUT2D eigenvalue weighted by atomic mass is 9.92. The third-order valence-corrected chi connectivity index (χ3v) is 7.16. The van der Waals surface area contributed by atoms with Gasteiger partial charge in [0.25, 0.3) is 0 Å². The fourth-order valence-electron chi connectivity index (χ4n) is 3.77. The second kappa shape index (κ2) is 10.3. The smallest absolute Gasteiger partial charge is 0.227 e. The molecule has 0 radical (unpaired) electrons. The van der Waals surface area contributed by atoms with E-state index in [1.165, 1.54) is 0 Å². The molecule has 0 fully saturated rings. The van der Waals surface area contributed by atoms with Crippen molar-refractivity contribution in [1.82, 2.24) is 14.8 Å². The Kier molecular flexibility index (Phi) is 7.46. The van der Waals surface area contributed by atoms with Gasteiger partial charge in [-0.1, -0.05) is 64.4 Å². The third kappa shape index (κ3) is 5.13. The highest BCUT2D eigenvalue weighted by Gasteiger charge is 2.34. The maximum Gasteiger partial charge on any atom is 0.227 e. The molecule has 4 rings (SSSR count). The number of Topliss-reactive ketones (excluding diaryl/α,β-unsaturated/α-hetero) is 1. The Morgan fingerprint density at radius 3 is 2.82 bits per heavy atom. The number of nitrogens with zero attached hydrogens (tertiary/aromatic N) is 3. The van der Waals surface area contributed by atoms with E-state index in [-0.39, 0.29) is 5.78 Å². The van der Waals surface area contributed by atoms with E-state index in [1.54, 1.807) is 23.4 Å². The van der Waals surface area contributed by atoms with E-state index in [4.69, 9.17) is 21.4 Å². The first-order chi connectivity index (χ1) is 15.9. The van der Waals surface area contributed by atoms with Gasteiger partial charge in [-0.05, 0) is 44.5 Å². The zero-order valence-corrected chi connectivity index (χ0v) is 21.7. The minimum absolute atomic E-state index is 0.0362. The Hall–Kier alpha value is -2.29. The highest BCUT2D eigenvalue weighted by atomic mass is 79.9. The van der Waals surface area contributed by atoms with Crippen LogP contribution in [0.5, 0.6) is 5.75 Å². The minimum atomic E-state index is -0.471. The number of ketones is 1. The minimum Gasteiger partial charge on any atom is -0.488 e. The number of aromatic nitrogens is 3. The lowest BCUT2D eigenvalue weighted by molar-refractivity contribution is -0.114. The summed E-state index contributed by atoms with van der Waals surface area (Å²) in [5.74, 6) is 2.15. The molecule has 1 aliphatic heterocycles. The number of benzene rings is 2. The summed E-state index contributed by atoms with van der Waals surface area (Å²) in [4.78, 5) is 17.4. The monoisotopic (exact) mass is 546 g/mol. The van der Waals surface area contributed by atoms with Crippen molar-refractivity contribution in [2.45, 2.75) is 45.0 Å². The molecule has 1 aliphatic rings. The van der Waals surface area contributed by atoms with Gasteiger partial charge < -0.3 is 10.1 Å². The van der Waals surface area contributed by atoms with Crippen molar-refractivity contribution in [3.63, 3.8) is 0 Å². The second-order valence-electron chi connectivity index (χ2n) is 7.70. The number of rotatable bonds is 8. The Morgan fingerprint density at radius 2 is 2.09 bits per heavy atom. The number of ether oxygens (including phenoxy) is 1. The number of carbonyl (C=O) groups is 1. The van der Waals surface area contributed by atoms with Crippen molar-refractivity contribution in [1.29, 1.82) is 0 Å². The van der Waals surface area contributed by atoms with Gasteiger partial charge in [0.2, 0.25) is 11.1 Å². The van der Waals surface area contributed by atoms with Crippen LogP contribution in [0.4, 0.5) is 5.95 Å². The van der Waals surface area contributed by atoms with Crippen LogP contribution in [0.25, 0.3) is 0 Å². The predicted molar refractivity (Wildman–Crippen MR) is 136 cm³/mol. The number of allylic oxidation sites excluding steroid dienone is 2. The van der Waals surface area contributed by atoms with Crippen LogP contribution in [-0.4, -0.2) is 26.3 Å². The first kappa shape index (κ1) is 23.9. The standard InChI is InChI=1S/C24H24BrClN4O2S/c1-4-11-33-24-28-23-27-14(2)21(15(3)31)22(30(23)29-24)18-12-17(25)9-10-20(18)32-13-16-7-5-6-8-19(16)26/h5-10,12,22H,4,11,13H2,1-3H3,(H,27,28,29). The number of fused-ring (bicyclic) bond motifs is 1. The van der Waals surface area contributed by atoms with E-state index in [2.05, 4.69) is 33.2 Å². The number of hydrogen-bond acceptors (Lipinski definition) is 6. The molecule has 3 aromatic rings. The maximum atomic E-state index is 12.8. The molecule has 2 heterocycles. The van der Waals surface area contributed by atoms with Crippen molar-refractivity contribution in [2.75, 3.05) is 11.1 Å². The molecular weight excluding hydrogens is 524 g/mol. The SMILES string of the molecule is CCCSc1nc2n(n1)C(c1cc(Br)ccc1OCc1ccccc1Cl)C(C(C)=O)=C(C)N2. The van der Waals surface area contributed by atoms with Crippen LogP contribution in [0.15, 0.2) is 63.4 Å². The van der Waals surface area contributed by atoms with Crippen LogP contribution in [0, 0.1) is 0 Å². The number of carbonyl (C=O) groups excluding carboxylic acids is 1. The van der Waals surface area contributed by atoms with Crippen molar-refractivity contribution >= 4 is 51.0 Å². The molecule has 0 saturated heterocycles. The van der Waals surface area contributed by atoms with Crippen LogP contribution in [0.2, 0.25) is 5.02 Å². The van der Waals surface area contributed by atoms with E-state index in [0.29, 0.717) is 34.1 Å². The second-order valence-corrected chi connectivity index (χ2v) is 10.1. The average Bonchev–Trinajstić information content (AvgIpc) is 3.19. The molecule has 0 amide bonds. The molecule has 6 nitrogen and oxygen atoms in total. The molecule has 33 heavy (non-hydrogen) atoms. The lowest BCUT2D eigenvalue weighted by Gasteiger charge is -2.29. The van der Waals surface area contributed by atoms with Crippen molar-refractivity contribution in [3.8, 4) is 5.75 Å². The van der Waals surface area contributed by atoms with E-state index < -0.39 is 6.04 Å². The first-order valence-corrected chi connectivity index (χ1v) is 12.8. The van der Waals surface area contributed by atoms with Crippen LogP contribution in [0.3, 0.4) is 0 Å². The normalized spacial score (nSPS) is 15.2. The van der Waals surface area contributed by atoms with Gasteiger partial charge in [0.05, 0.1) is 0 Å². The molecule has 0 spiro atoms. The average molecular weight is 548 g/mol. The number of halogens is 2. The fourth-order valence-corrected chi connectivity index (χ4v) is 5.02. The van der Waals surface area contributed by atoms with Gasteiger partial charge >= 0.3 is 0 Å². The summed E-state index contributed by atoms with van der Waals surface area (Å²) < 4.78 is 8.90. The zero-order chi connectivity index (χ0) is 23.5. The summed E-state index contributed by atoms with van der Waals surface area (Å²) >= 11 is 11.5. The van der Waals surface area contributed by atoms with Crippen LogP contribution in [0.1, 0.15) is 44.4 Å².